The van der Waals surface area contributed by atoms with Crippen molar-refractivity contribution in [2.45, 2.75) is 43.3 Å². The number of aromatic nitrogens is 4. The molecule has 22 heavy (non-hydrogen) atoms. The lowest BCUT2D eigenvalue weighted by Crippen LogP contribution is -2.44. The molecule has 1 saturated carbocycles. The van der Waals surface area contributed by atoms with Gasteiger partial charge in [-0.2, -0.15) is 4.98 Å². The molecule has 2 aromatic heterocycles. The number of nitrogens with one attached hydrogen (secondary N) is 1. The molecule has 1 fully saturated rings. The van der Waals surface area contributed by atoms with E-state index in [1.54, 1.807) is 18.5 Å². The Balaban J connectivity index is 1.69. The fourth-order valence-electron chi connectivity index (χ4n) is 2.20. The second-order valence-electron chi connectivity index (χ2n) is 5.58. The summed E-state index contributed by atoms with van der Waals surface area (Å²) in [6.07, 6.45) is 4.10. The molecule has 0 radical (unpaired) electrons. The summed E-state index contributed by atoms with van der Waals surface area (Å²) < 4.78 is 33.4. The van der Waals surface area contributed by atoms with Crippen LogP contribution in [0.3, 0.4) is 0 Å². The third-order valence-electron chi connectivity index (χ3n) is 3.93. The van der Waals surface area contributed by atoms with Crippen LogP contribution in [0.15, 0.2) is 15.7 Å². The van der Waals surface area contributed by atoms with Crippen molar-refractivity contribution >= 4 is 10.0 Å². The number of nitrogens with zero attached hydrogens (tertiary/aromatic N) is 4. The Morgan fingerprint density at radius 2 is 2.18 bits per heavy atom. The molecule has 0 atom stereocenters. The second-order valence-corrected chi connectivity index (χ2v) is 7.30. The van der Waals surface area contributed by atoms with Gasteiger partial charge < -0.3 is 14.8 Å². The molecule has 3 N–H and O–H groups in total. The van der Waals surface area contributed by atoms with Gasteiger partial charge in [0.15, 0.2) is 10.9 Å². The molecule has 3 rings (SSSR count). The first kappa shape index (κ1) is 15.1. The maximum atomic E-state index is 12.1. The minimum absolute atomic E-state index is 0.0403. The van der Waals surface area contributed by atoms with Crippen LogP contribution < -0.4 is 10.5 Å². The van der Waals surface area contributed by atoms with Gasteiger partial charge in [-0.05, 0) is 26.2 Å². The summed E-state index contributed by atoms with van der Waals surface area (Å²) in [5.41, 5.74) is 5.56. The SMILES string of the molecule is Cc1nc(S(=O)(=O)NCc2nc(C3(N)CCC3)no2)cn1C. The van der Waals surface area contributed by atoms with E-state index in [-0.39, 0.29) is 17.5 Å². The van der Waals surface area contributed by atoms with Crippen LogP contribution >= 0.6 is 0 Å². The Kier molecular flexibility index (Phi) is 3.54. The van der Waals surface area contributed by atoms with Crippen molar-refractivity contribution < 1.29 is 12.9 Å². The number of rotatable bonds is 5. The van der Waals surface area contributed by atoms with Crippen molar-refractivity contribution in [3.8, 4) is 0 Å². The van der Waals surface area contributed by atoms with E-state index in [2.05, 4.69) is 19.8 Å². The fourth-order valence-corrected chi connectivity index (χ4v) is 3.21. The summed E-state index contributed by atoms with van der Waals surface area (Å²) in [5.74, 6) is 1.22. The van der Waals surface area contributed by atoms with Gasteiger partial charge >= 0.3 is 0 Å². The summed E-state index contributed by atoms with van der Waals surface area (Å²) >= 11 is 0. The Morgan fingerprint density at radius 1 is 1.45 bits per heavy atom. The molecule has 9 nitrogen and oxygen atoms in total. The predicted octanol–water partition coefficient (Wildman–Crippen LogP) is -0.0721. The van der Waals surface area contributed by atoms with Crippen LogP contribution in [-0.4, -0.2) is 28.1 Å². The first-order chi connectivity index (χ1) is 10.3. The van der Waals surface area contributed by atoms with Gasteiger partial charge in [0, 0.05) is 13.2 Å². The van der Waals surface area contributed by atoms with Gasteiger partial charge in [-0.15, -0.1) is 0 Å². The normalized spacial score (nSPS) is 17.4. The molecule has 1 aliphatic rings. The Hall–Kier alpha value is -1.78. The number of nitrogens with two attached hydrogens (primary N) is 1. The monoisotopic (exact) mass is 326 g/mol. The minimum atomic E-state index is -3.72. The molecule has 120 valence electrons. The fraction of sp³-hybridized carbons (Fsp3) is 0.583. The summed E-state index contributed by atoms with van der Waals surface area (Å²) in [7, 11) is -1.99. The van der Waals surface area contributed by atoms with E-state index in [0.29, 0.717) is 11.6 Å². The van der Waals surface area contributed by atoms with E-state index < -0.39 is 15.6 Å². The smallest absolute Gasteiger partial charge is 0.260 e. The first-order valence-electron chi connectivity index (χ1n) is 6.92. The highest BCUT2D eigenvalue weighted by atomic mass is 32.2. The summed E-state index contributed by atoms with van der Waals surface area (Å²) in [5, 5.41) is 3.80. The molecule has 0 aromatic carbocycles. The van der Waals surface area contributed by atoms with Crippen molar-refractivity contribution in [1.29, 1.82) is 0 Å². The molecule has 0 saturated heterocycles. The molecule has 0 spiro atoms. The zero-order valence-electron chi connectivity index (χ0n) is 12.4. The summed E-state index contributed by atoms with van der Waals surface area (Å²) in [6.45, 7) is 1.63. The van der Waals surface area contributed by atoms with E-state index in [1.165, 1.54) is 6.20 Å². The van der Waals surface area contributed by atoms with Crippen LogP contribution in [0, 0.1) is 6.92 Å². The molecule has 0 bridgehead atoms. The highest BCUT2D eigenvalue weighted by molar-refractivity contribution is 7.89. The Bertz CT molecular complexity index is 770. The Morgan fingerprint density at radius 3 is 2.73 bits per heavy atom. The van der Waals surface area contributed by atoms with Gasteiger partial charge in [0.25, 0.3) is 10.0 Å². The van der Waals surface area contributed by atoms with Gasteiger partial charge in [-0.1, -0.05) is 5.16 Å². The third kappa shape index (κ3) is 2.64. The molecular formula is C12H18N6O3S. The van der Waals surface area contributed by atoms with Crippen LogP contribution in [0.4, 0.5) is 0 Å². The zero-order valence-corrected chi connectivity index (χ0v) is 13.2. The third-order valence-corrected chi connectivity index (χ3v) is 5.21. The highest BCUT2D eigenvalue weighted by Crippen LogP contribution is 2.36. The zero-order chi connectivity index (χ0) is 16.0. The van der Waals surface area contributed by atoms with Crippen molar-refractivity contribution in [3.63, 3.8) is 0 Å². The van der Waals surface area contributed by atoms with Crippen molar-refractivity contribution in [1.82, 2.24) is 24.4 Å². The Labute approximate surface area is 128 Å². The van der Waals surface area contributed by atoms with Gasteiger partial charge in [0.1, 0.15) is 5.82 Å². The molecule has 2 heterocycles. The number of imidazole rings is 1. The lowest BCUT2D eigenvalue weighted by molar-refractivity contribution is 0.229. The van der Waals surface area contributed by atoms with E-state index >= 15 is 0 Å². The summed E-state index contributed by atoms with van der Waals surface area (Å²) in [4.78, 5) is 8.16. The highest BCUT2D eigenvalue weighted by Gasteiger charge is 2.39. The van der Waals surface area contributed by atoms with Crippen LogP contribution in [0.25, 0.3) is 0 Å². The predicted molar refractivity (Wildman–Crippen MR) is 76.0 cm³/mol. The average Bonchev–Trinajstić information content (AvgIpc) is 3.02. The topological polar surface area (TPSA) is 129 Å². The molecule has 0 unspecified atom stereocenters. The first-order valence-corrected chi connectivity index (χ1v) is 8.40. The summed E-state index contributed by atoms with van der Waals surface area (Å²) in [6, 6.07) is 0. The van der Waals surface area contributed by atoms with Crippen molar-refractivity contribution in [2.24, 2.45) is 12.8 Å². The molecular weight excluding hydrogens is 308 g/mol. The molecule has 10 heteroatoms. The molecule has 1 aliphatic carbocycles. The van der Waals surface area contributed by atoms with Gasteiger partial charge in [-0.25, -0.2) is 18.1 Å². The number of sulfonamides is 1. The minimum Gasteiger partial charge on any atom is -0.338 e. The van der Waals surface area contributed by atoms with Gasteiger partial charge in [-0.3, -0.25) is 0 Å². The lowest BCUT2D eigenvalue weighted by Gasteiger charge is -2.34. The molecule has 2 aromatic rings. The quantitative estimate of drug-likeness (QED) is 0.786. The average molecular weight is 326 g/mol. The van der Waals surface area contributed by atoms with E-state index in [9.17, 15) is 8.42 Å². The number of aryl methyl sites for hydroxylation is 2. The standard InChI is InChI=1S/C12H18N6O3S/c1-8-15-10(7-18(8)2)22(19,20)14-6-9-16-11(17-21-9)12(13)4-3-5-12/h7,14H,3-6,13H2,1-2H3. The largest absolute Gasteiger partial charge is 0.338 e. The van der Waals surface area contributed by atoms with Crippen molar-refractivity contribution in [2.75, 3.05) is 0 Å². The number of hydrogen-bond acceptors (Lipinski definition) is 7. The van der Waals surface area contributed by atoms with E-state index in [0.717, 1.165) is 19.3 Å². The van der Waals surface area contributed by atoms with Crippen LogP contribution in [0.1, 0.15) is 36.8 Å². The number of hydrogen-bond donors (Lipinski definition) is 2. The van der Waals surface area contributed by atoms with E-state index in [1.807, 2.05) is 0 Å². The van der Waals surface area contributed by atoms with Crippen LogP contribution in [-0.2, 0) is 29.2 Å². The van der Waals surface area contributed by atoms with E-state index in [4.69, 9.17) is 10.3 Å². The molecule has 0 aliphatic heterocycles. The van der Waals surface area contributed by atoms with Crippen molar-refractivity contribution in [3.05, 3.63) is 23.7 Å². The lowest BCUT2D eigenvalue weighted by atomic mass is 9.77. The maximum absolute atomic E-state index is 12.1. The van der Waals surface area contributed by atoms with Gasteiger partial charge in [0.2, 0.25) is 5.89 Å². The molecule has 0 amide bonds. The maximum Gasteiger partial charge on any atom is 0.260 e. The second kappa shape index (κ2) is 5.14. The van der Waals surface area contributed by atoms with Crippen LogP contribution in [0.2, 0.25) is 0 Å². The van der Waals surface area contributed by atoms with Crippen LogP contribution in [0.5, 0.6) is 0 Å². The van der Waals surface area contributed by atoms with Gasteiger partial charge in [0.05, 0.1) is 12.1 Å².